The summed E-state index contributed by atoms with van der Waals surface area (Å²) < 4.78 is 34.4. The van der Waals surface area contributed by atoms with Crippen molar-refractivity contribution in [2.45, 2.75) is 0 Å². The molecule has 0 heterocycles. The van der Waals surface area contributed by atoms with Crippen molar-refractivity contribution in [1.29, 1.82) is 0 Å². The smallest absolute Gasteiger partial charge is 0.335 e. The van der Waals surface area contributed by atoms with E-state index in [4.69, 9.17) is 9.90 Å². The first-order valence-corrected chi connectivity index (χ1v) is 3.25. The Balaban J connectivity index is 0.000000252. The van der Waals surface area contributed by atoms with Crippen LogP contribution in [0.1, 0.15) is 0 Å². The van der Waals surface area contributed by atoms with Crippen molar-refractivity contribution in [2.75, 3.05) is 6.67 Å². The van der Waals surface area contributed by atoms with Crippen molar-refractivity contribution in [3.05, 3.63) is 35.9 Å². The molecule has 0 saturated carbocycles. The van der Waals surface area contributed by atoms with E-state index in [0.717, 1.165) is 12.1 Å². The zero-order valence-corrected chi connectivity index (χ0v) is 6.51. The molecule has 13 heavy (non-hydrogen) atoms. The summed E-state index contributed by atoms with van der Waals surface area (Å²) >= 11 is 0. The van der Waals surface area contributed by atoms with Crippen LogP contribution in [0.15, 0.2) is 24.3 Å². The largest absolute Gasteiger partial charge is 0.479 e. The minimum atomic E-state index is -1.41. The number of benzene rings is 1. The molecule has 0 saturated heterocycles. The maximum absolute atomic E-state index is 11.9. The predicted molar refractivity (Wildman–Crippen MR) is 40.0 cm³/mol. The van der Waals surface area contributed by atoms with Crippen LogP contribution < -0.4 is 0 Å². The molecule has 0 aliphatic heterocycles. The average Bonchev–Trinajstić information content (AvgIpc) is 2.11. The number of hydrogen-bond donors (Lipinski definition) is 1. The molecule has 1 rings (SSSR count). The summed E-state index contributed by atoms with van der Waals surface area (Å²) in [5.74, 6) is -3.01. The Kier molecular flexibility index (Phi) is 5.34. The zero-order valence-electron chi connectivity index (χ0n) is 6.51. The molecule has 72 valence electrons. The molecule has 1 aromatic rings. The maximum atomic E-state index is 11.9. The van der Waals surface area contributed by atoms with Crippen LogP contribution in [0, 0.1) is 11.6 Å². The molecule has 1 aromatic carbocycles. The van der Waals surface area contributed by atoms with Gasteiger partial charge in [0.2, 0.25) is 0 Å². The molecule has 0 radical (unpaired) electrons. The van der Waals surface area contributed by atoms with Gasteiger partial charge in [-0.1, -0.05) is 12.1 Å². The van der Waals surface area contributed by atoms with Gasteiger partial charge in [-0.05, 0) is 12.1 Å². The van der Waals surface area contributed by atoms with Gasteiger partial charge >= 0.3 is 5.97 Å². The Hall–Kier alpha value is -1.52. The third-order valence-electron chi connectivity index (χ3n) is 0.939. The number of alkyl halides is 1. The molecule has 0 amide bonds. The van der Waals surface area contributed by atoms with Crippen LogP contribution in [0.25, 0.3) is 0 Å². The summed E-state index contributed by atoms with van der Waals surface area (Å²) in [7, 11) is 0. The molecule has 1 N–H and O–H groups in total. The highest BCUT2D eigenvalue weighted by molar-refractivity contribution is 5.67. The van der Waals surface area contributed by atoms with Crippen molar-refractivity contribution in [2.24, 2.45) is 0 Å². The van der Waals surface area contributed by atoms with E-state index in [1.54, 1.807) is 0 Å². The summed E-state index contributed by atoms with van der Waals surface area (Å²) in [4.78, 5) is 8.99. The number of halogens is 3. The number of carboxylic acids is 1. The van der Waals surface area contributed by atoms with Gasteiger partial charge in [-0.25, -0.2) is 18.0 Å². The fourth-order valence-corrected chi connectivity index (χ4v) is 0.439. The molecular formula is C8H7F3O2. The second-order valence-electron chi connectivity index (χ2n) is 1.94. The monoisotopic (exact) mass is 192 g/mol. The Morgan fingerprint density at radius 1 is 1.23 bits per heavy atom. The van der Waals surface area contributed by atoms with Gasteiger partial charge in [-0.2, -0.15) is 0 Å². The van der Waals surface area contributed by atoms with Gasteiger partial charge in [0.05, 0.1) is 0 Å². The first-order chi connectivity index (χ1) is 6.07. The first kappa shape index (κ1) is 11.5. The molecular weight excluding hydrogens is 185 g/mol. The van der Waals surface area contributed by atoms with Gasteiger partial charge in [0.15, 0.2) is 18.3 Å². The van der Waals surface area contributed by atoms with E-state index in [0.29, 0.717) is 0 Å². The first-order valence-electron chi connectivity index (χ1n) is 3.25. The molecule has 0 aliphatic rings. The molecule has 0 unspecified atom stereocenters. The highest BCUT2D eigenvalue weighted by Crippen LogP contribution is 2.01. The molecule has 0 fully saturated rings. The van der Waals surface area contributed by atoms with Gasteiger partial charge in [0.1, 0.15) is 0 Å². The SMILES string of the molecule is Fc1ccccc1F.O=C(O)CF. The van der Waals surface area contributed by atoms with Crippen molar-refractivity contribution in [1.82, 2.24) is 0 Å². The Bertz CT molecular complexity index is 255. The van der Waals surface area contributed by atoms with Crippen LogP contribution in [-0.2, 0) is 4.79 Å². The van der Waals surface area contributed by atoms with Crippen molar-refractivity contribution < 1.29 is 23.1 Å². The number of hydrogen-bond acceptors (Lipinski definition) is 1. The van der Waals surface area contributed by atoms with E-state index in [2.05, 4.69) is 0 Å². The zero-order chi connectivity index (χ0) is 10.3. The van der Waals surface area contributed by atoms with E-state index in [-0.39, 0.29) is 0 Å². The standard InChI is InChI=1S/C6H4F2.C2H3FO2/c7-5-3-1-2-4-6(5)8;3-1-2(4)5/h1-4H;1H2,(H,4,5). The summed E-state index contributed by atoms with van der Waals surface area (Å²) in [6.45, 7) is -1.28. The van der Waals surface area contributed by atoms with Crippen molar-refractivity contribution in [3.63, 3.8) is 0 Å². The molecule has 2 nitrogen and oxygen atoms in total. The van der Waals surface area contributed by atoms with Gasteiger partial charge < -0.3 is 5.11 Å². The fourth-order valence-electron chi connectivity index (χ4n) is 0.439. The van der Waals surface area contributed by atoms with Crippen molar-refractivity contribution >= 4 is 5.97 Å². The number of carboxylic acid groups (broad SMARTS) is 1. The van der Waals surface area contributed by atoms with Crippen LogP contribution in [-0.4, -0.2) is 17.8 Å². The minimum absolute atomic E-state index is 0.799. The number of aliphatic carboxylic acids is 1. The van der Waals surface area contributed by atoms with Crippen LogP contribution in [0.3, 0.4) is 0 Å². The summed E-state index contributed by atoms with van der Waals surface area (Å²) in [5, 5.41) is 7.35. The van der Waals surface area contributed by atoms with Crippen LogP contribution >= 0.6 is 0 Å². The van der Waals surface area contributed by atoms with Crippen molar-refractivity contribution in [3.8, 4) is 0 Å². The number of carbonyl (C=O) groups is 1. The molecule has 5 heteroatoms. The topological polar surface area (TPSA) is 37.3 Å². The Morgan fingerprint density at radius 2 is 1.54 bits per heavy atom. The third-order valence-corrected chi connectivity index (χ3v) is 0.939. The second kappa shape index (κ2) is 6.05. The molecule has 0 aromatic heterocycles. The highest BCUT2D eigenvalue weighted by atomic mass is 19.2. The average molecular weight is 192 g/mol. The summed E-state index contributed by atoms with van der Waals surface area (Å²) in [6.07, 6.45) is 0. The van der Waals surface area contributed by atoms with Crippen LogP contribution in [0.5, 0.6) is 0 Å². The van der Waals surface area contributed by atoms with E-state index in [1.165, 1.54) is 12.1 Å². The fraction of sp³-hybridized carbons (Fsp3) is 0.125. The Morgan fingerprint density at radius 3 is 1.69 bits per heavy atom. The lowest BCUT2D eigenvalue weighted by Gasteiger charge is -1.85. The molecule has 0 spiro atoms. The second-order valence-corrected chi connectivity index (χ2v) is 1.94. The van der Waals surface area contributed by atoms with Gasteiger partial charge in [-0.3, -0.25) is 0 Å². The van der Waals surface area contributed by atoms with E-state index < -0.39 is 24.3 Å². The van der Waals surface area contributed by atoms with Gasteiger partial charge in [0, 0.05) is 0 Å². The summed E-state index contributed by atoms with van der Waals surface area (Å²) in [6, 6.07) is 5.04. The van der Waals surface area contributed by atoms with Gasteiger partial charge in [0.25, 0.3) is 0 Å². The minimum Gasteiger partial charge on any atom is -0.479 e. The Labute approximate surface area is 72.6 Å². The number of rotatable bonds is 1. The lowest BCUT2D eigenvalue weighted by molar-refractivity contribution is -0.137. The van der Waals surface area contributed by atoms with Crippen LogP contribution in [0.2, 0.25) is 0 Å². The lowest BCUT2D eigenvalue weighted by Crippen LogP contribution is -1.93. The van der Waals surface area contributed by atoms with E-state index in [1.807, 2.05) is 0 Å². The van der Waals surface area contributed by atoms with E-state index in [9.17, 15) is 13.2 Å². The summed E-state index contributed by atoms with van der Waals surface area (Å²) in [5.41, 5.74) is 0. The maximum Gasteiger partial charge on any atom is 0.335 e. The molecule has 0 atom stereocenters. The van der Waals surface area contributed by atoms with Gasteiger partial charge in [-0.15, -0.1) is 0 Å². The van der Waals surface area contributed by atoms with Crippen LogP contribution in [0.4, 0.5) is 13.2 Å². The lowest BCUT2D eigenvalue weighted by atomic mass is 10.3. The quantitative estimate of drug-likeness (QED) is 0.738. The highest BCUT2D eigenvalue weighted by Gasteiger charge is 1.93. The normalized spacial score (nSPS) is 8.54. The van der Waals surface area contributed by atoms with E-state index >= 15 is 0 Å². The molecule has 0 aliphatic carbocycles. The molecule has 0 bridgehead atoms. The predicted octanol–water partition coefficient (Wildman–Crippen LogP) is 2.01. The third kappa shape index (κ3) is 5.72.